The normalized spacial score (nSPS) is 20.0. The van der Waals surface area contributed by atoms with E-state index in [-0.39, 0.29) is 9.79 Å². The molecule has 8 heteroatoms. The van der Waals surface area contributed by atoms with E-state index in [0.717, 1.165) is 25.5 Å². The Bertz CT molecular complexity index is 743. The second-order valence-electron chi connectivity index (χ2n) is 5.43. The molecule has 118 valence electrons. The molecule has 0 saturated carbocycles. The van der Waals surface area contributed by atoms with E-state index < -0.39 is 19.7 Å². The molecule has 5 nitrogen and oxygen atoms in total. The van der Waals surface area contributed by atoms with Crippen LogP contribution in [0.3, 0.4) is 0 Å². The van der Waals surface area contributed by atoms with Gasteiger partial charge in [0.25, 0.3) is 0 Å². The molecule has 1 saturated heterocycles. The number of halogens is 1. The minimum Gasteiger partial charge on any atom is -0.370 e. The summed E-state index contributed by atoms with van der Waals surface area (Å²) in [6.45, 7) is 1.41. The molecule has 21 heavy (non-hydrogen) atoms. The third kappa shape index (κ3) is 3.70. The Kier molecular flexibility index (Phi) is 4.56. The molecule has 2 rings (SSSR count). The molecule has 0 aliphatic carbocycles. The van der Waals surface area contributed by atoms with Crippen molar-refractivity contribution < 1.29 is 16.8 Å². The first-order chi connectivity index (χ1) is 9.63. The van der Waals surface area contributed by atoms with Gasteiger partial charge in [0.1, 0.15) is 0 Å². The summed E-state index contributed by atoms with van der Waals surface area (Å²) < 4.78 is 47.2. The molecule has 0 spiro atoms. The molecule has 0 N–H and O–H groups in total. The maximum Gasteiger partial charge on any atom is 0.177 e. The monoisotopic (exact) mass is 351 g/mol. The van der Waals surface area contributed by atoms with Gasteiger partial charge in [-0.2, -0.15) is 0 Å². The lowest BCUT2D eigenvalue weighted by atomic mass is 10.2. The Morgan fingerprint density at radius 2 is 1.86 bits per heavy atom. The molecule has 1 atom stereocenters. The Balaban J connectivity index is 2.52. The van der Waals surface area contributed by atoms with Crippen molar-refractivity contribution >= 4 is 37.0 Å². The first-order valence-corrected chi connectivity index (χ1v) is 10.8. The van der Waals surface area contributed by atoms with E-state index in [1.807, 2.05) is 4.90 Å². The summed E-state index contributed by atoms with van der Waals surface area (Å²) in [7, 11) is -6.96. The maximum absolute atomic E-state index is 12.0. The minimum absolute atomic E-state index is 0.0137. The van der Waals surface area contributed by atoms with Gasteiger partial charge in [0.15, 0.2) is 19.7 Å². The van der Waals surface area contributed by atoms with E-state index in [9.17, 15) is 16.8 Å². The molecule has 0 radical (unpaired) electrons. The highest BCUT2D eigenvalue weighted by Crippen LogP contribution is 2.32. The lowest BCUT2D eigenvalue weighted by Crippen LogP contribution is -2.22. The second kappa shape index (κ2) is 5.78. The zero-order valence-corrected chi connectivity index (χ0v) is 14.3. The van der Waals surface area contributed by atoms with Gasteiger partial charge in [-0.1, -0.05) is 0 Å². The molecule has 0 amide bonds. The van der Waals surface area contributed by atoms with Crippen molar-refractivity contribution in [2.45, 2.75) is 16.2 Å². The van der Waals surface area contributed by atoms with Gasteiger partial charge in [-0.05, 0) is 30.5 Å². The fourth-order valence-electron chi connectivity index (χ4n) is 2.46. The number of sulfone groups is 2. The Morgan fingerprint density at radius 3 is 2.33 bits per heavy atom. The van der Waals surface area contributed by atoms with Crippen molar-refractivity contribution in [3.63, 3.8) is 0 Å². The molecule has 1 aromatic rings. The van der Waals surface area contributed by atoms with Gasteiger partial charge in [0, 0.05) is 31.5 Å². The number of anilines is 1. The van der Waals surface area contributed by atoms with Crippen LogP contribution in [-0.4, -0.2) is 48.3 Å². The Labute approximate surface area is 130 Å². The van der Waals surface area contributed by atoms with Crippen molar-refractivity contribution in [2.75, 3.05) is 36.4 Å². The largest absolute Gasteiger partial charge is 0.370 e. The van der Waals surface area contributed by atoms with Crippen LogP contribution in [0.2, 0.25) is 0 Å². The lowest BCUT2D eigenvalue weighted by Gasteiger charge is -2.21. The summed E-state index contributed by atoms with van der Waals surface area (Å²) in [5.41, 5.74) is 0.553. The average molecular weight is 352 g/mol. The molecule has 1 aromatic carbocycles. The van der Waals surface area contributed by atoms with Crippen molar-refractivity contribution in [3.8, 4) is 0 Å². The molecule has 1 unspecified atom stereocenters. The predicted octanol–water partition coefficient (Wildman–Crippen LogP) is 1.56. The van der Waals surface area contributed by atoms with Crippen LogP contribution in [0.25, 0.3) is 0 Å². The standard InChI is InChI=1S/C13H18ClNO4S2/c1-20(16,17)11-3-4-12(13(7-11)21(2,18)19)15-6-5-10(8-14)9-15/h3-4,7,10H,5-6,8-9H2,1-2H3. The number of hydrogen-bond acceptors (Lipinski definition) is 5. The van der Waals surface area contributed by atoms with Crippen molar-refractivity contribution in [1.82, 2.24) is 0 Å². The predicted molar refractivity (Wildman–Crippen MR) is 83.7 cm³/mol. The molecule has 0 aromatic heterocycles. The van der Waals surface area contributed by atoms with Crippen LogP contribution in [-0.2, 0) is 19.7 Å². The molecular formula is C13H18ClNO4S2. The topological polar surface area (TPSA) is 71.5 Å². The second-order valence-corrected chi connectivity index (χ2v) is 9.74. The van der Waals surface area contributed by atoms with Crippen LogP contribution in [0, 0.1) is 5.92 Å². The van der Waals surface area contributed by atoms with Gasteiger partial charge < -0.3 is 4.90 Å². The van der Waals surface area contributed by atoms with Gasteiger partial charge in [-0.3, -0.25) is 0 Å². The summed E-state index contributed by atoms with van der Waals surface area (Å²) >= 11 is 5.85. The van der Waals surface area contributed by atoms with Gasteiger partial charge >= 0.3 is 0 Å². The molecule has 1 aliphatic heterocycles. The van der Waals surface area contributed by atoms with Crippen LogP contribution in [0.1, 0.15) is 6.42 Å². The number of hydrogen-bond donors (Lipinski definition) is 0. The van der Waals surface area contributed by atoms with E-state index in [1.165, 1.54) is 12.1 Å². The number of benzene rings is 1. The zero-order valence-electron chi connectivity index (χ0n) is 11.9. The fourth-order valence-corrected chi connectivity index (χ4v) is 4.35. The van der Waals surface area contributed by atoms with Crippen LogP contribution < -0.4 is 4.90 Å². The summed E-state index contributed by atoms with van der Waals surface area (Å²) in [5, 5.41) is 0. The fraction of sp³-hybridized carbons (Fsp3) is 0.538. The highest BCUT2D eigenvalue weighted by molar-refractivity contribution is 7.91. The molecule has 1 aliphatic rings. The van der Waals surface area contributed by atoms with E-state index in [1.54, 1.807) is 6.07 Å². The van der Waals surface area contributed by atoms with E-state index in [2.05, 4.69) is 0 Å². The van der Waals surface area contributed by atoms with E-state index in [0.29, 0.717) is 24.0 Å². The summed E-state index contributed by atoms with van der Waals surface area (Å²) in [5.74, 6) is 0.861. The number of alkyl halides is 1. The highest BCUT2D eigenvalue weighted by Gasteiger charge is 2.27. The summed E-state index contributed by atoms with van der Waals surface area (Å²) in [6, 6.07) is 4.27. The van der Waals surface area contributed by atoms with Gasteiger partial charge in [-0.15, -0.1) is 11.6 Å². The number of nitrogens with zero attached hydrogens (tertiary/aromatic N) is 1. The Morgan fingerprint density at radius 1 is 1.19 bits per heavy atom. The summed E-state index contributed by atoms with van der Waals surface area (Å²) in [4.78, 5) is 2.02. The van der Waals surface area contributed by atoms with Gasteiger partial charge in [0.05, 0.1) is 15.5 Å². The average Bonchev–Trinajstić information content (AvgIpc) is 2.84. The van der Waals surface area contributed by atoms with Crippen LogP contribution in [0.4, 0.5) is 5.69 Å². The van der Waals surface area contributed by atoms with Crippen LogP contribution in [0.5, 0.6) is 0 Å². The lowest BCUT2D eigenvalue weighted by molar-refractivity contribution is 0.599. The molecular weight excluding hydrogens is 334 g/mol. The smallest absolute Gasteiger partial charge is 0.177 e. The number of rotatable bonds is 4. The van der Waals surface area contributed by atoms with Gasteiger partial charge in [0.2, 0.25) is 0 Å². The SMILES string of the molecule is CS(=O)(=O)c1ccc(N2CCC(CCl)C2)c(S(C)(=O)=O)c1. The maximum atomic E-state index is 12.0. The van der Waals surface area contributed by atoms with Crippen LogP contribution in [0.15, 0.2) is 28.0 Å². The molecule has 0 bridgehead atoms. The first kappa shape index (κ1) is 16.6. The van der Waals surface area contributed by atoms with Crippen molar-refractivity contribution in [3.05, 3.63) is 18.2 Å². The molecule has 1 fully saturated rings. The first-order valence-electron chi connectivity index (χ1n) is 6.48. The Hall–Kier alpha value is -0.790. The van der Waals surface area contributed by atoms with E-state index >= 15 is 0 Å². The highest BCUT2D eigenvalue weighted by atomic mass is 35.5. The third-order valence-corrected chi connectivity index (χ3v) is 6.28. The van der Waals surface area contributed by atoms with Crippen molar-refractivity contribution in [2.24, 2.45) is 5.92 Å². The van der Waals surface area contributed by atoms with Crippen molar-refractivity contribution in [1.29, 1.82) is 0 Å². The minimum atomic E-state index is -3.52. The zero-order chi connectivity index (χ0) is 15.8. The van der Waals surface area contributed by atoms with E-state index in [4.69, 9.17) is 11.6 Å². The van der Waals surface area contributed by atoms with Gasteiger partial charge in [-0.25, -0.2) is 16.8 Å². The quantitative estimate of drug-likeness (QED) is 0.770. The molecule has 1 heterocycles. The summed E-state index contributed by atoms with van der Waals surface area (Å²) in [6.07, 6.45) is 3.06. The third-order valence-electron chi connectivity index (χ3n) is 3.60. The van der Waals surface area contributed by atoms with Crippen LogP contribution >= 0.6 is 11.6 Å².